The first-order chi connectivity index (χ1) is 11.2. The summed E-state index contributed by atoms with van der Waals surface area (Å²) in [7, 11) is 0. The van der Waals surface area contributed by atoms with Gasteiger partial charge in [-0.25, -0.2) is 0 Å². The Morgan fingerprint density at radius 2 is 2.04 bits per heavy atom. The van der Waals surface area contributed by atoms with Crippen molar-refractivity contribution >= 4 is 44.9 Å². The lowest BCUT2D eigenvalue weighted by molar-refractivity contribution is -0.118. The third-order valence-corrected chi connectivity index (χ3v) is 5.88. The second-order valence-electron chi connectivity index (χ2n) is 4.90. The van der Waals surface area contributed by atoms with Crippen molar-refractivity contribution in [2.45, 2.75) is 11.3 Å². The lowest BCUT2D eigenvalue weighted by atomic mass is 10.3. The van der Waals surface area contributed by atoms with Gasteiger partial charge in [0.25, 0.3) is 0 Å². The molecule has 0 atom stereocenters. The fourth-order valence-corrected chi connectivity index (χ4v) is 4.36. The van der Waals surface area contributed by atoms with E-state index in [-0.39, 0.29) is 5.91 Å². The number of thiophene rings is 1. The second-order valence-corrected chi connectivity index (χ2v) is 8.50. The van der Waals surface area contributed by atoms with Crippen LogP contribution in [0.15, 0.2) is 39.0 Å². The van der Waals surface area contributed by atoms with Crippen molar-refractivity contribution in [3.63, 3.8) is 0 Å². The Hall–Kier alpha value is -1.18. The number of halogens is 1. The van der Waals surface area contributed by atoms with Crippen LogP contribution < -0.4 is 14.8 Å². The van der Waals surface area contributed by atoms with Crippen LogP contribution in [0.2, 0.25) is 0 Å². The van der Waals surface area contributed by atoms with Crippen molar-refractivity contribution in [1.29, 1.82) is 0 Å². The molecule has 1 N–H and O–H groups in total. The fraction of sp³-hybridized carbons (Fsp3) is 0.312. The number of ether oxygens (including phenoxy) is 2. The van der Waals surface area contributed by atoms with Crippen LogP contribution in [0.4, 0.5) is 0 Å². The normalized spacial score (nSPS) is 12.9. The molecule has 7 heteroatoms. The molecule has 23 heavy (non-hydrogen) atoms. The van der Waals surface area contributed by atoms with E-state index in [1.54, 1.807) is 11.3 Å². The molecule has 2 heterocycles. The molecule has 1 aromatic heterocycles. The molecule has 3 rings (SSSR count). The summed E-state index contributed by atoms with van der Waals surface area (Å²) < 4.78 is 12.1. The van der Waals surface area contributed by atoms with Crippen LogP contribution in [0, 0.1) is 0 Å². The molecule has 1 aliphatic heterocycles. The van der Waals surface area contributed by atoms with E-state index in [0.29, 0.717) is 25.5 Å². The Labute approximate surface area is 151 Å². The number of hydrogen-bond donors (Lipinski definition) is 1. The number of benzene rings is 1. The molecule has 0 saturated heterocycles. The fourth-order valence-electron chi connectivity index (χ4n) is 2.12. The number of amides is 1. The van der Waals surface area contributed by atoms with E-state index in [9.17, 15) is 4.79 Å². The van der Waals surface area contributed by atoms with Gasteiger partial charge < -0.3 is 14.8 Å². The molecule has 4 nitrogen and oxygen atoms in total. The molecule has 0 radical (unpaired) electrons. The molecule has 0 spiro atoms. The lowest BCUT2D eigenvalue weighted by Crippen LogP contribution is -2.27. The van der Waals surface area contributed by atoms with Gasteiger partial charge in [0, 0.05) is 16.3 Å². The molecule has 0 saturated carbocycles. The Bertz CT molecular complexity index is 690. The molecule has 0 unspecified atom stereocenters. The summed E-state index contributed by atoms with van der Waals surface area (Å²) in [5, 5.41) is 2.95. The van der Waals surface area contributed by atoms with Crippen LogP contribution in [0.25, 0.3) is 0 Å². The van der Waals surface area contributed by atoms with E-state index >= 15 is 0 Å². The summed E-state index contributed by atoms with van der Waals surface area (Å²) >= 11 is 6.63. The summed E-state index contributed by atoms with van der Waals surface area (Å²) in [6.45, 7) is 1.82. The average molecular weight is 414 g/mol. The van der Waals surface area contributed by atoms with Crippen molar-refractivity contribution in [2.75, 3.05) is 25.5 Å². The van der Waals surface area contributed by atoms with Crippen LogP contribution in [-0.2, 0) is 11.2 Å². The zero-order valence-corrected chi connectivity index (χ0v) is 15.6. The Kier molecular flexibility index (Phi) is 5.85. The maximum Gasteiger partial charge on any atom is 0.230 e. The highest BCUT2D eigenvalue weighted by atomic mass is 79.9. The summed E-state index contributed by atoms with van der Waals surface area (Å²) in [6, 6.07) is 9.87. The minimum Gasteiger partial charge on any atom is -0.486 e. The Balaban J connectivity index is 1.42. The third kappa shape index (κ3) is 4.89. The minimum atomic E-state index is 0.0421. The van der Waals surface area contributed by atoms with Crippen LogP contribution in [0.5, 0.6) is 11.5 Å². The van der Waals surface area contributed by atoms with Crippen molar-refractivity contribution in [3.8, 4) is 11.5 Å². The van der Waals surface area contributed by atoms with Gasteiger partial charge in [-0.15, -0.1) is 23.1 Å². The number of carbonyl (C=O) groups excluding carboxylic acids is 1. The number of nitrogens with one attached hydrogen (secondary N) is 1. The SMILES string of the molecule is O=C(CSc1ccc2c(c1)OCCO2)NCCc1ccc(Br)s1. The first-order valence-electron chi connectivity index (χ1n) is 7.24. The van der Waals surface area contributed by atoms with Gasteiger partial charge >= 0.3 is 0 Å². The van der Waals surface area contributed by atoms with Crippen molar-refractivity contribution in [3.05, 3.63) is 39.0 Å². The standard InChI is InChI=1S/C16H16BrNO3S2/c17-15-4-2-11(23-15)5-6-18-16(19)10-22-12-1-3-13-14(9-12)21-8-7-20-13/h1-4,9H,5-8,10H2,(H,18,19). The third-order valence-electron chi connectivity index (χ3n) is 3.21. The number of fused-ring (bicyclic) bond motifs is 1. The van der Waals surface area contributed by atoms with Gasteiger partial charge in [-0.3, -0.25) is 4.79 Å². The average Bonchev–Trinajstić information content (AvgIpc) is 2.98. The first-order valence-corrected chi connectivity index (χ1v) is 9.83. The van der Waals surface area contributed by atoms with E-state index in [0.717, 1.165) is 26.6 Å². The highest BCUT2D eigenvalue weighted by molar-refractivity contribution is 9.11. The van der Waals surface area contributed by atoms with Gasteiger partial charge in [-0.05, 0) is 52.7 Å². The van der Waals surface area contributed by atoms with Gasteiger partial charge in [0.15, 0.2) is 11.5 Å². The first kappa shape index (κ1) is 16.7. The van der Waals surface area contributed by atoms with Gasteiger partial charge in [-0.1, -0.05) is 0 Å². The number of thioether (sulfide) groups is 1. The molecule has 0 aliphatic carbocycles. The molecule has 122 valence electrons. The molecular weight excluding hydrogens is 398 g/mol. The van der Waals surface area contributed by atoms with Gasteiger partial charge in [0.05, 0.1) is 9.54 Å². The van der Waals surface area contributed by atoms with E-state index < -0.39 is 0 Å². The zero-order valence-electron chi connectivity index (χ0n) is 12.3. The largest absolute Gasteiger partial charge is 0.486 e. The highest BCUT2D eigenvalue weighted by Crippen LogP contribution is 2.34. The number of carbonyl (C=O) groups is 1. The smallest absolute Gasteiger partial charge is 0.230 e. The van der Waals surface area contributed by atoms with E-state index in [1.165, 1.54) is 16.6 Å². The maximum atomic E-state index is 11.9. The monoisotopic (exact) mass is 413 g/mol. The second kappa shape index (κ2) is 8.08. The Morgan fingerprint density at radius 1 is 1.22 bits per heavy atom. The summed E-state index contributed by atoms with van der Waals surface area (Å²) in [5.74, 6) is 1.96. The van der Waals surface area contributed by atoms with Crippen molar-refractivity contribution < 1.29 is 14.3 Å². The predicted octanol–water partition coefficient (Wildman–Crippen LogP) is 3.73. The lowest BCUT2D eigenvalue weighted by Gasteiger charge is -2.18. The van der Waals surface area contributed by atoms with E-state index in [4.69, 9.17) is 9.47 Å². The summed E-state index contributed by atoms with van der Waals surface area (Å²) in [4.78, 5) is 14.2. The van der Waals surface area contributed by atoms with Crippen LogP contribution in [0.3, 0.4) is 0 Å². The number of rotatable bonds is 6. The van der Waals surface area contributed by atoms with Gasteiger partial charge in [-0.2, -0.15) is 0 Å². The maximum absolute atomic E-state index is 11.9. The zero-order chi connectivity index (χ0) is 16.1. The Morgan fingerprint density at radius 3 is 2.83 bits per heavy atom. The molecular formula is C16H16BrNO3S2. The molecule has 2 aromatic rings. The highest BCUT2D eigenvalue weighted by Gasteiger charge is 2.12. The quantitative estimate of drug-likeness (QED) is 0.732. The number of hydrogen-bond acceptors (Lipinski definition) is 5. The van der Waals surface area contributed by atoms with E-state index in [1.807, 2.05) is 24.3 Å². The molecule has 1 amide bonds. The minimum absolute atomic E-state index is 0.0421. The van der Waals surface area contributed by atoms with Crippen molar-refractivity contribution in [1.82, 2.24) is 5.32 Å². The van der Waals surface area contributed by atoms with E-state index in [2.05, 4.69) is 27.3 Å². The van der Waals surface area contributed by atoms with Crippen LogP contribution >= 0.6 is 39.0 Å². The predicted molar refractivity (Wildman–Crippen MR) is 96.9 cm³/mol. The van der Waals surface area contributed by atoms with Crippen LogP contribution in [0.1, 0.15) is 4.88 Å². The molecule has 1 aliphatic rings. The topological polar surface area (TPSA) is 47.6 Å². The van der Waals surface area contributed by atoms with Crippen molar-refractivity contribution in [2.24, 2.45) is 0 Å². The summed E-state index contributed by atoms with van der Waals surface area (Å²) in [5.41, 5.74) is 0. The molecule has 1 aromatic carbocycles. The molecule has 0 bridgehead atoms. The van der Waals surface area contributed by atoms with Gasteiger partial charge in [0.1, 0.15) is 13.2 Å². The van der Waals surface area contributed by atoms with Gasteiger partial charge in [0.2, 0.25) is 5.91 Å². The van der Waals surface area contributed by atoms with Crippen LogP contribution in [-0.4, -0.2) is 31.4 Å². The molecule has 0 fully saturated rings. The summed E-state index contributed by atoms with van der Waals surface area (Å²) in [6.07, 6.45) is 0.858.